The Hall–Kier alpha value is -4.18. The highest BCUT2D eigenvalue weighted by Gasteiger charge is 2.16. The first-order valence-electron chi connectivity index (χ1n) is 11.8. The number of amides is 1. The summed E-state index contributed by atoms with van der Waals surface area (Å²) >= 11 is 0. The third-order valence-electron chi connectivity index (χ3n) is 5.76. The van der Waals surface area contributed by atoms with Crippen molar-refractivity contribution in [2.24, 2.45) is 0 Å². The number of carbonyl (C=O) groups excluding carboxylic acids is 2. The maximum Gasteiger partial charge on any atom is 0.351 e. The number of likely N-dealkylation sites (N-methyl/N-ethyl adjacent to an activating group) is 1. The van der Waals surface area contributed by atoms with Crippen LogP contribution in [0.25, 0.3) is 10.9 Å². The molecule has 198 valence electrons. The van der Waals surface area contributed by atoms with Gasteiger partial charge >= 0.3 is 5.97 Å². The molecule has 0 saturated carbocycles. The Labute approximate surface area is 215 Å². The van der Waals surface area contributed by atoms with Gasteiger partial charge in [0.2, 0.25) is 0 Å². The number of aliphatic carboxylic acids is 2. The summed E-state index contributed by atoms with van der Waals surface area (Å²) in [6.45, 7) is 5.34. The second-order valence-electron chi connectivity index (χ2n) is 8.39. The van der Waals surface area contributed by atoms with Crippen LogP contribution in [0.15, 0.2) is 42.5 Å². The molecule has 1 unspecified atom stereocenters. The molecule has 0 aliphatic heterocycles. The van der Waals surface area contributed by atoms with Gasteiger partial charge in [-0.1, -0.05) is 31.2 Å². The van der Waals surface area contributed by atoms with Crippen molar-refractivity contribution in [2.75, 3.05) is 39.7 Å². The second-order valence-corrected chi connectivity index (χ2v) is 8.39. The summed E-state index contributed by atoms with van der Waals surface area (Å²) in [5, 5.41) is 20.5. The van der Waals surface area contributed by atoms with Gasteiger partial charge in [0.1, 0.15) is 0 Å². The third-order valence-corrected chi connectivity index (χ3v) is 5.76. The first kappa shape index (κ1) is 29.1. The summed E-state index contributed by atoms with van der Waals surface area (Å²) in [5.74, 6) is -2.56. The van der Waals surface area contributed by atoms with Gasteiger partial charge < -0.3 is 34.7 Å². The molecule has 10 nitrogen and oxygen atoms in total. The molecule has 0 fully saturated rings. The van der Waals surface area contributed by atoms with Crippen LogP contribution >= 0.6 is 0 Å². The molecule has 1 aromatic heterocycles. The minimum Gasteiger partial charge on any atom is -0.539 e. The Morgan fingerprint density at radius 1 is 1.08 bits per heavy atom. The van der Waals surface area contributed by atoms with Gasteiger partial charge in [0.05, 0.1) is 39.0 Å². The molecule has 10 heteroatoms. The molecule has 1 atom stereocenters. The van der Waals surface area contributed by atoms with Crippen molar-refractivity contribution in [3.05, 3.63) is 59.3 Å². The number of pyridine rings is 1. The molecule has 0 bridgehead atoms. The molecule has 0 saturated heterocycles. The molecular weight excluding hydrogens is 478 g/mol. The number of quaternary nitrogens is 1. The number of carbonyl (C=O) groups is 3. The van der Waals surface area contributed by atoms with Gasteiger partial charge in [-0.25, -0.2) is 4.79 Å². The van der Waals surface area contributed by atoms with Crippen molar-refractivity contribution in [1.29, 1.82) is 0 Å². The largest absolute Gasteiger partial charge is 0.539 e. The molecular formula is C27H33N3O7. The third kappa shape index (κ3) is 8.18. The van der Waals surface area contributed by atoms with E-state index in [2.05, 4.69) is 12.2 Å². The maximum atomic E-state index is 12.8. The topological polar surface area (TPSA) is 142 Å². The monoisotopic (exact) mass is 511 g/mol. The average molecular weight is 512 g/mol. The lowest BCUT2D eigenvalue weighted by Gasteiger charge is -2.17. The number of rotatable bonds is 9. The number of methoxy groups -OCH3 is 2. The minimum absolute atomic E-state index is 0.00585. The van der Waals surface area contributed by atoms with Gasteiger partial charge in [-0.3, -0.25) is 9.78 Å². The summed E-state index contributed by atoms with van der Waals surface area (Å²) in [6.07, 6.45) is 1.67. The van der Waals surface area contributed by atoms with Crippen molar-refractivity contribution in [2.45, 2.75) is 26.7 Å². The van der Waals surface area contributed by atoms with Gasteiger partial charge in [-0.05, 0) is 42.7 Å². The predicted octanol–water partition coefficient (Wildman–Crippen LogP) is 0.640. The summed E-state index contributed by atoms with van der Waals surface area (Å²) in [6, 6.07) is 13.9. The fraction of sp³-hybridized carbons (Fsp3) is 0.333. The van der Waals surface area contributed by atoms with Gasteiger partial charge in [-0.2, -0.15) is 0 Å². The van der Waals surface area contributed by atoms with E-state index >= 15 is 0 Å². The fourth-order valence-corrected chi connectivity index (χ4v) is 3.80. The van der Waals surface area contributed by atoms with Crippen LogP contribution in [0.4, 0.5) is 5.69 Å². The second kappa shape index (κ2) is 13.8. The number of aromatic nitrogens is 1. The number of hydrogen-bond acceptors (Lipinski definition) is 7. The van der Waals surface area contributed by atoms with Gasteiger partial charge in [-0.15, -0.1) is 0 Å². The molecule has 37 heavy (non-hydrogen) atoms. The van der Waals surface area contributed by atoms with Crippen LogP contribution in [0.5, 0.6) is 11.5 Å². The lowest BCUT2D eigenvalue weighted by atomic mass is 10.1. The predicted molar refractivity (Wildman–Crippen MR) is 137 cm³/mol. The Balaban J connectivity index is 0.000000717. The van der Waals surface area contributed by atoms with Crippen molar-refractivity contribution in [3.63, 3.8) is 0 Å². The first-order chi connectivity index (χ1) is 17.6. The molecule has 0 aliphatic rings. The first-order valence-corrected chi connectivity index (χ1v) is 11.8. The summed E-state index contributed by atoms with van der Waals surface area (Å²) in [5.41, 5.74) is 5.00. The number of nitrogens with one attached hydrogen (secondary N) is 2. The van der Waals surface area contributed by atoms with Crippen molar-refractivity contribution < 1.29 is 39.0 Å². The number of benzene rings is 2. The van der Waals surface area contributed by atoms with E-state index < -0.39 is 11.9 Å². The number of hydrogen-bond donors (Lipinski definition) is 3. The van der Waals surface area contributed by atoms with E-state index in [0.29, 0.717) is 6.54 Å². The van der Waals surface area contributed by atoms with Crippen LogP contribution < -0.4 is 24.8 Å². The van der Waals surface area contributed by atoms with Crippen LogP contribution in [0, 0.1) is 6.92 Å². The smallest absolute Gasteiger partial charge is 0.351 e. The number of para-hydroxylation sites is 1. The van der Waals surface area contributed by atoms with Crippen LogP contribution in [0.1, 0.15) is 23.7 Å². The summed E-state index contributed by atoms with van der Waals surface area (Å²) in [7, 11) is 5.30. The number of ether oxygens (including phenoxy) is 2. The molecule has 0 radical (unpaired) electrons. The standard InChI is InChI=1S/C25H31N3O3.C2H2O4/c1-6-20-17(2)25(19-9-7-8-10-21(19)26-20)27-24(29)16-28(3)14-13-18-11-12-22(30-4)23(15-18)31-5;3-1(4)2(5)6/h7-12,15H,6,13-14,16H2,1-5H3,(H,26,27,29);(H,3,4)(H,5,6). The quantitative estimate of drug-likeness (QED) is 0.355. The van der Waals surface area contributed by atoms with E-state index in [-0.39, 0.29) is 5.91 Å². The summed E-state index contributed by atoms with van der Waals surface area (Å²) < 4.78 is 10.7. The molecule has 3 rings (SSSR count). The normalized spacial score (nSPS) is 11.2. The minimum atomic E-state index is -2.07. The van der Waals surface area contributed by atoms with E-state index in [1.54, 1.807) is 14.2 Å². The lowest BCUT2D eigenvalue weighted by molar-refractivity contribution is -0.870. The molecule has 1 heterocycles. The number of carboxylic acid groups (broad SMARTS) is 2. The van der Waals surface area contributed by atoms with Crippen molar-refractivity contribution >= 4 is 34.4 Å². The van der Waals surface area contributed by atoms with Crippen molar-refractivity contribution in [1.82, 2.24) is 4.98 Å². The average Bonchev–Trinajstić information content (AvgIpc) is 2.88. The highest BCUT2D eigenvalue weighted by atomic mass is 16.5. The van der Waals surface area contributed by atoms with Crippen molar-refractivity contribution in [3.8, 4) is 11.5 Å². The molecule has 3 N–H and O–H groups in total. The van der Waals surface area contributed by atoms with E-state index in [9.17, 15) is 4.79 Å². The van der Waals surface area contributed by atoms with Crippen LogP contribution in [-0.4, -0.2) is 62.3 Å². The van der Waals surface area contributed by atoms with E-state index in [4.69, 9.17) is 34.3 Å². The van der Waals surface area contributed by atoms with E-state index in [0.717, 1.165) is 69.2 Å². The number of fused-ring (bicyclic) bond motifs is 1. The SMILES string of the molecule is CCc1nc2ccccc2c(NC(=O)C[NH+](C)CCc2ccc(OC)c(OC)c2)c1C.O=C([O-])C(=O)O. The Kier molecular flexibility index (Phi) is 10.8. The number of carboxylic acids is 2. The number of nitrogens with zero attached hydrogens (tertiary/aromatic N) is 1. The Morgan fingerprint density at radius 2 is 1.73 bits per heavy atom. The zero-order valence-corrected chi connectivity index (χ0v) is 21.7. The van der Waals surface area contributed by atoms with E-state index in [1.807, 2.05) is 56.4 Å². The van der Waals surface area contributed by atoms with Crippen LogP contribution in [0.2, 0.25) is 0 Å². The number of aryl methyl sites for hydroxylation is 1. The van der Waals surface area contributed by atoms with Gasteiger partial charge in [0, 0.05) is 17.5 Å². The van der Waals surface area contributed by atoms with Gasteiger partial charge in [0.15, 0.2) is 24.0 Å². The van der Waals surface area contributed by atoms with Crippen LogP contribution in [-0.2, 0) is 27.2 Å². The molecule has 2 aromatic carbocycles. The van der Waals surface area contributed by atoms with E-state index in [1.165, 1.54) is 0 Å². The highest BCUT2D eigenvalue weighted by Crippen LogP contribution is 2.29. The molecule has 0 aliphatic carbocycles. The fourth-order valence-electron chi connectivity index (χ4n) is 3.80. The summed E-state index contributed by atoms with van der Waals surface area (Å²) in [4.78, 5) is 36.7. The maximum absolute atomic E-state index is 12.8. The Morgan fingerprint density at radius 3 is 2.32 bits per heavy atom. The lowest BCUT2D eigenvalue weighted by Crippen LogP contribution is -3.10. The van der Waals surface area contributed by atoms with Crippen LogP contribution in [0.3, 0.4) is 0 Å². The number of anilines is 1. The van der Waals surface area contributed by atoms with Gasteiger partial charge in [0.25, 0.3) is 5.91 Å². The molecule has 3 aromatic rings. The zero-order valence-electron chi connectivity index (χ0n) is 21.7. The zero-order chi connectivity index (χ0) is 27.5. The Bertz CT molecular complexity index is 1250. The molecule has 0 spiro atoms. The molecule has 1 amide bonds. The highest BCUT2D eigenvalue weighted by molar-refractivity contribution is 6.26.